The minimum atomic E-state index is -3.45. The second-order valence-electron chi connectivity index (χ2n) is 2.30. The molecule has 11 heavy (non-hydrogen) atoms. The maximum absolute atomic E-state index is 11.2. The lowest BCUT2D eigenvalue weighted by Gasteiger charge is -2.11. The Morgan fingerprint density at radius 3 is 2.27 bits per heavy atom. The summed E-state index contributed by atoms with van der Waals surface area (Å²) in [7, 11) is -2.18. The third-order valence-electron chi connectivity index (χ3n) is 1.69. The maximum atomic E-state index is 11.2. The van der Waals surface area contributed by atoms with Crippen molar-refractivity contribution in [3.8, 4) is 0 Å². The molecule has 1 aliphatic heterocycles. The molecule has 1 saturated heterocycles. The van der Waals surface area contributed by atoms with Gasteiger partial charge in [0.1, 0.15) is 0 Å². The first-order chi connectivity index (χ1) is 5.00. The van der Waals surface area contributed by atoms with Gasteiger partial charge in [0, 0.05) is 13.6 Å². The molecule has 1 amide bonds. The van der Waals surface area contributed by atoms with Gasteiger partial charge in [0.15, 0.2) is 0 Å². The second kappa shape index (κ2) is 2.46. The number of rotatable bonds is 1. The van der Waals surface area contributed by atoms with Gasteiger partial charge in [-0.25, -0.2) is 4.31 Å². The largest absolute Gasteiger partial charge is 0.306 e. The molecule has 0 atom stereocenters. The number of nitrogens with zero attached hydrogens (tertiary/aromatic N) is 2. The molecule has 1 fully saturated rings. The van der Waals surface area contributed by atoms with Crippen molar-refractivity contribution in [3.63, 3.8) is 0 Å². The van der Waals surface area contributed by atoms with E-state index in [0.29, 0.717) is 6.54 Å². The Bertz CT molecular complexity index is 271. The molecule has 5 nitrogen and oxygen atoms in total. The van der Waals surface area contributed by atoms with Gasteiger partial charge in [0.2, 0.25) is 0 Å². The zero-order chi connectivity index (χ0) is 8.65. The minimum absolute atomic E-state index is 0.0185. The van der Waals surface area contributed by atoms with Crippen LogP contribution >= 0.6 is 0 Å². The van der Waals surface area contributed by atoms with E-state index in [9.17, 15) is 13.2 Å². The average Bonchev–Trinajstić information content (AvgIpc) is 2.13. The fourth-order valence-electron chi connectivity index (χ4n) is 0.909. The fourth-order valence-corrected chi connectivity index (χ4v) is 2.17. The fraction of sp³-hybridized carbons (Fsp3) is 0.800. The summed E-state index contributed by atoms with van der Waals surface area (Å²) in [6.07, 6.45) is 0. The summed E-state index contributed by atoms with van der Waals surface area (Å²) in [6, 6.07) is 0. The molecule has 0 aromatic carbocycles. The Balaban J connectivity index is 3.01. The first-order valence-electron chi connectivity index (χ1n) is 3.27. The molecule has 0 spiro atoms. The van der Waals surface area contributed by atoms with E-state index in [1.165, 1.54) is 7.05 Å². The topological polar surface area (TPSA) is 57.7 Å². The van der Waals surface area contributed by atoms with Crippen molar-refractivity contribution < 1.29 is 13.2 Å². The summed E-state index contributed by atoms with van der Waals surface area (Å²) in [5, 5.41) is 0. The van der Waals surface area contributed by atoms with Gasteiger partial charge in [-0.15, -0.1) is 0 Å². The van der Waals surface area contributed by atoms with Crippen molar-refractivity contribution in [2.45, 2.75) is 6.92 Å². The van der Waals surface area contributed by atoms with E-state index in [2.05, 4.69) is 0 Å². The Hall–Kier alpha value is -0.620. The predicted molar refractivity (Wildman–Crippen MR) is 38.9 cm³/mol. The highest BCUT2D eigenvalue weighted by Gasteiger charge is 2.38. The van der Waals surface area contributed by atoms with Crippen LogP contribution in [-0.4, -0.2) is 43.1 Å². The van der Waals surface area contributed by atoms with Gasteiger partial charge in [-0.2, -0.15) is 12.7 Å². The zero-order valence-electron chi connectivity index (χ0n) is 6.44. The standard InChI is InChI=1S/C5H10N2O3S/c1-3-7-4-5(8)6(2)11(7,9)10/h3-4H2,1-2H3. The van der Waals surface area contributed by atoms with E-state index < -0.39 is 10.2 Å². The van der Waals surface area contributed by atoms with Crippen LogP contribution in [0.4, 0.5) is 0 Å². The quantitative estimate of drug-likeness (QED) is 0.519. The average molecular weight is 178 g/mol. The van der Waals surface area contributed by atoms with Crippen molar-refractivity contribution in [3.05, 3.63) is 0 Å². The number of hydrogen-bond donors (Lipinski definition) is 0. The van der Waals surface area contributed by atoms with E-state index in [1.807, 2.05) is 0 Å². The van der Waals surface area contributed by atoms with Gasteiger partial charge in [0.05, 0.1) is 6.54 Å². The number of carbonyl (C=O) groups excluding carboxylic acids is 1. The molecular formula is C5H10N2O3S. The highest BCUT2D eigenvalue weighted by molar-refractivity contribution is 7.87. The van der Waals surface area contributed by atoms with Crippen molar-refractivity contribution in [1.29, 1.82) is 0 Å². The van der Waals surface area contributed by atoms with Crippen LogP contribution in [0.2, 0.25) is 0 Å². The summed E-state index contributed by atoms with van der Waals surface area (Å²) >= 11 is 0. The summed E-state index contributed by atoms with van der Waals surface area (Å²) in [6.45, 7) is 2.03. The summed E-state index contributed by atoms with van der Waals surface area (Å²) < 4.78 is 24.2. The maximum Gasteiger partial charge on any atom is 0.306 e. The van der Waals surface area contributed by atoms with E-state index in [1.54, 1.807) is 6.92 Å². The normalized spacial score (nSPS) is 24.5. The summed E-state index contributed by atoms with van der Waals surface area (Å²) in [4.78, 5) is 10.9. The molecule has 6 heteroatoms. The molecule has 0 saturated carbocycles. The Kier molecular flexibility index (Phi) is 1.89. The molecule has 0 radical (unpaired) electrons. The van der Waals surface area contributed by atoms with E-state index >= 15 is 0 Å². The first-order valence-corrected chi connectivity index (χ1v) is 4.66. The third kappa shape index (κ3) is 1.12. The lowest BCUT2D eigenvalue weighted by Crippen LogP contribution is -2.31. The van der Waals surface area contributed by atoms with Crippen LogP contribution in [0.5, 0.6) is 0 Å². The summed E-state index contributed by atoms with van der Waals surface area (Å²) in [5.41, 5.74) is 0. The van der Waals surface area contributed by atoms with Crippen molar-refractivity contribution in [1.82, 2.24) is 8.61 Å². The highest BCUT2D eigenvalue weighted by Crippen LogP contribution is 2.13. The third-order valence-corrected chi connectivity index (χ3v) is 3.62. The Morgan fingerprint density at radius 1 is 1.55 bits per heavy atom. The number of amides is 1. The van der Waals surface area contributed by atoms with Gasteiger partial charge < -0.3 is 0 Å². The van der Waals surface area contributed by atoms with Gasteiger partial charge in [-0.3, -0.25) is 4.79 Å². The van der Waals surface area contributed by atoms with Crippen molar-refractivity contribution in [2.24, 2.45) is 0 Å². The number of likely N-dealkylation sites (N-methyl/N-ethyl adjacent to an activating group) is 2. The lowest BCUT2D eigenvalue weighted by atomic mass is 10.6. The van der Waals surface area contributed by atoms with E-state index in [0.717, 1.165) is 8.61 Å². The van der Waals surface area contributed by atoms with E-state index in [-0.39, 0.29) is 12.5 Å². The zero-order valence-corrected chi connectivity index (χ0v) is 7.26. The molecular weight excluding hydrogens is 168 g/mol. The van der Waals surface area contributed by atoms with Crippen LogP contribution in [0.15, 0.2) is 0 Å². The number of hydrogen-bond acceptors (Lipinski definition) is 3. The van der Waals surface area contributed by atoms with Gasteiger partial charge in [-0.05, 0) is 0 Å². The lowest BCUT2D eigenvalue weighted by molar-refractivity contribution is -0.123. The van der Waals surface area contributed by atoms with Gasteiger partial charge >= 0.3 is 10.2 Å². The van der Waals surface area contributed by atoms with E-state index in [4.69, 9.17) is 0 Å². The second-order valence-corrected chi connectivity index (χ2v) is 4.25. The van der Waals surface area contributed by atoms with Crippen LogP contribution in [0.25, 0.3) is 0 Å². The monoisotopic (exact) mass is 178 g/mol. The van der Waals surface area contributed by atoms with Crippen LogP contribution in [0.1, 0.15) is 6.92 Å². The molecule has 0 unspecified atom stereocenters. The Labute approximate surface area is 65.8 Å². The molecule has 0 N–H and O–H groups in total. The molecule has 1 rings (SSSR count). The van der Waals surface area contributed by atoms with Crippen LogP contribution in [-0.2, 0) is 15.0 Å². The van der Waals surface area contributed by atoms with Crippen molar-refractivity contribution in [2.75, 3.05) is 20.1 Å². The first kappa shape index (κ1) is 8.48. The number of carbonyl (C=O) groups is 1. The molecule has 0 aromatic heterocycles. The van der Waals surface area contributed by atoms with Crippen molar-refractivity contribution >= 4 is 16.1 Å². The van der Waals surface area contributed by atoms with Crippen LogP contribution in [0.3, 0.4) is 0 Å². The molecule has 64 valence electrons. The molecule has 1 heterocycles. The molecule has 0 bridgehead atoms. The summed E-state index contributed by atoms with van der Waals surface area (Å²) in [5.74, 6) is -0.369. The molecule has 1 aliphatic rings. The molecule has 0 aromatic rings. The van der Waals surface area contributed by atoms with Crippen LogP contribution in [0, 0.1) is 0 Å². The SMILES string of the molecule is CCN1CC(=O)N(C)S1(=O)=O. The predicted octanol–water partition coefficient (Wildman–Crippen LogP) is -0.975. The van der Waals surface area contributed by atoms with Gasteiger partial charge in [0.25, 0.3) is 5.91 Å². The smallest absolute Gasteiger partial charge is 0.272 e. The highest BCUT2D eigenvalue weighted by atomic mass is 32.2. The molecule has 0 aliphatic carbocycles. The Morgan fingerprint density at radius 2 is 2.09 bits per heavy atom. The van der Waals surface area contributed by atoms with Gasteiger partial charge in [-0.1, -0.05) is 6.92 Å². The van der Waals surface area contributed by atoms with Crippen LogP contribution < -0.4 is 0 Å². The minimum Gasteiger partial charge on any atom is -0.272 e.